The van der Waals surface area contributed by atoms with Gasteiger partial charge in [0, 0.05) is 16.0 Å². The van der Waals surface area contributed by atoms with Crippen LogP contribution in [0.15, 0.2) is 18.2 Å². The smallest absolute Gasteiger partial charge is 0.399 e. The zero-order valence-corrected chi connectivity index (χ0v) is 14.5. The van der Waals surface area contributed by atoms with E-state index in [-0.39, 0.29) is 19.0 Å². The third kappa shape index (κ3) is 2.88. The van der Waals surface area contributed by atoms with Crippen molar-refractivity contribution in [2.24, 2.45) is 0 Å². The molecule has 1 amide bonds. The van der Waals surface area contributed by atoms with Crippen molar-refractivity contribution in [3.8, 4) is 0 Å². The van der Waals surface area contributed by atoms with Gasteiger partial charge >= 0.3 is 7.12 Å². The molecule has 2 fully saturated rings. The lowest BCUT2D eigenvalue weighted by Crippen LogP contribution is -2.51. The normalized spacial score (nSPS) is 23.0. The number of hydrogen-bond acceptors (Lipinski definition) is 3. The molecule has 0 atom stereocenters. The van der Waals surface area contributed by atoms with Gasteiger partial charge in [0.25, 0.3) is 5.91 Å². The number of alkyl halides is 1. The molecule has 0 N–H and O–H groups in total. The highest BCUT2D eigenvalue weighted by Crippen LogP contribution is 2.37. The third-order valence-corrected chi connectivity index (χ3v) is 5.22. The van der Waals surface area contributed by atoms with Crippen molar-refractivity contribution in [3.63, 3.8) is 0 Å². The molecular weight excluding hydrogens is 319 g/mol. The van der Waals surface area contributed by atoms with Gasteiger partial charge in [-0.1, -0.05) is 11.6 Å². The minimum absolute atomic E-state index is 0.146. The van der Waals surface area contributed by atoms with Crippen molar-refractivity contribution in [2.45, 2.75) is 45.1 Å². The quantitative estimate of drug-likeness (QED) is 0.777. The van der Waals surface area contributed by atoms with Crippen LogP contribution in [-0.2, 0) is 9.31 Å². The van der Waals surface area contributed by atoms with Crippen LogP contribution in [0.5, 0.6) is 0 Å². The average Bonchev–Trinajstić information content (AvgIpc) is 2.63. The van der Waals surface area contributed by atoms with E-state index >= 15 is 0 Å². The van der Waals surface area contributed by atoms with Crippen LogP contribution in [-0.4, -0.2) is 48.4 Å². The lowest BCUT2D eigenvalue weighted by molar-refractivity contribution is 0.00578. The first-order valence-electron chi connectivity index (χ1n) is 7.69. The average molecular weight is 340 g/mol. The van der Waals surface area contributed by atoms with Gasteiger partial charge in [-0.2, -0.15) is 0 Å². The largest absolute Gasteiger partial charge is 0.496 e. The van der Waals surface area contributed by atoms with Crippen LogP contribution in [0.3, 0.4) is 0 Å². The molecule has 0 saturated carbocycles. The monoisotopic (exact) mass is 339 g/mol. The van der Waals surface area contributed by atoms with Gasteiger partial charge < -0.3 is 14.2 Å². The van der Waals surface area contributed by atoms with E-state index in [2.05, 4.69) is 0 Å². The van der Waals surface area contributed by atoms with Crippen LogP contribution in [0.1, 0.15) is 38.1 Å². The molecule has 2 aliphatic rings. The molecule has 3 rings (SSSR count). The number of likely N-dealkylation sites (tertiary alicyclic amines) is 1. The van der Waals surface area contributed by atoms with Gasteiger partial charge in [-0.3, -0.25) is 4.79 Å². The van der Waals surface area contributed by atoms with Crippen molar-refractivity contribution in [1.29, 1.82) is 0 Å². The first-order chi connectivity index (χ1) is 10.6. The lowest BCUT2D eigenvalue weighted by atomic mass is 9.78. The van der Waals surface area contributed by atoms with Gasteiger partial charge in [-0.25, -0.2) is 4.39 Å². The number of benzene rings is 1. The lowest BCUT2D eigenvalue weighted by Gasteiger charge is -2.34. The summed E-state index contributed by atoms with van der Waals surface area (Å²) in [5, 5.41) is 0.479. The molecule has 0 aromatic heterocycles. The Bertz CT molecular complexity index is 630. The molecule has 2 saturated heterocycles. The Morgan fingerprint density at radius 1 is 1.26 bits per heavy atom. The molecule has 0 spiro atoms. The number of hydrogen-bond donors (Lipinski definition) is 0. The Morgan fingerprint density at radius 3 is 2.35 bits per heavy atom. The number of nitrogens with zero attached hydrogens (tertiary/aromatic N) is 1. The number of rotatable bonds is 2. The predicted octanol–water partition coefficient (Wildman–Crippen LogP) is 2.43. The van der Waals surface area contributed by atoms with E-state index in [9.17, 15) is 9.18 Å². The van der Waals surface area contributed by atoms with Gasteiger partial charge in [0.1, 0.15) is 6.17 Å². The van der Waals surface area contributed by atoms with E-state index in [4.69, 9.17) is 20.9 Å². The van der Waals surface area contributed by atoms with Gasteiger partial charge in [-0.05, 0) is 45.9 Å². The number of carbonyl (C=O) groups excluding carboxylic acids is 1. The zero-order chi connectivity index (χ0) is 17.0. The summed E-state index contributed by atoms with van der Waals surface area (Å²) in [5.41, 5.74) is 0.111. The second kappa shape index (κ2) is 5.47. The summed E-state index contributed by atoms with van der Waals surface area (Å²) in [6.07, 6.45) is -0.922. The molecule has 7 heteroatoms. The Balaban J connectivity index is 1.86. The van der Waals surface area contributed by atoms with Crippen LogP contribution in [0.4, 0.5) is 4.39 Å². The second-order valence-electron chi connectivity index (χ2n) is 7.13. The summed E-state index contributed by atoms with van der Waals surface area (Å²) in [6.45, 7) is 8.12. The van der Waals surface area contributed by atoms with Crippen LogP contribution in [0.25, 0.3) is 0 Å². The molecule has 2 aliphatic heterocycles. The highest BCUT2D eigenvalue weighted by atomic mass is 35.5. The summed E-state index contributed by atoms with van der Waals surface area (Å²) in [6, 6.07) is 4.98. The van der Waals surface area contributed by atoms with E-state index < -0.39 is 24.5 Å². The predicted molar refractivity (Wildman–Crippen MR) is 88.0 cm³/mol. The summed E-state index contributed by atoms with van der Waals surface area (Å²) < 4.78 is 24.9. The van der Waals surface area contributed by atoms with Crippen molar-refractivity contribution in [2.75, 3.05) is 13.1 Å². The van der Waals surface area contributed by atoms with E-state index in [1.807, 2.05) is 27.7 Å². The fourth-order valence-electron chi connectivity index (χ4n) is 2.60. The maximum Gasteiger partial charge on any atom is 0.496 e. The first-order valence-corrected chi connectivity index (χ1v) is 8.07. The van der Waals surface area contributed by atoms with E-state index in [1.165, 1.54) is 4.90 Å². The topological polar surface area (TPSA) is 38.8 Å². The molecule has 0 aliphatic carbocycles. The van der Waals surface area contributed by atoms with Gasteiger partial charge in [0.2, 0.25) is 0 Å². The molecule has 0 bridgehead atoms. The van der Waals surface area contributed by atoms with Crippen LogP contribution in [0.2, 0.25) is 5.02 Å². The van der Waals surface area contributed by atoms with Gasteiger partial charge in [0.15, 0.2) is 0 Å². The van der Waals surface area contributed by atoms with Crippen LogP contribution >= 0.6 is 11.6 Å². The molecule has 1 aromatic rings. The first kappa shape index (κ1) is 16.7. The van der Waals surface area contributed by atoms with E-state index in [1.54, 1.807) is 18.2 Å². The Labute approximate surface area is 141 Å². The molecule has 23 heavy (non-hydrogen) atoms. The van der Waals surface area contributed by atoms with Crippen LogP contribution in [0, 0.1) is 0 Å². The molecular formula is C16H20BClFNO3. The van der Waals surface area contributed by atoms with Gasteiger partial charge in [-0.15, -0.1) is 0 Å². The number of halogens is 2. The molecule has 0 unspecified atom stereocenters. The molecule has 4 nitrogen and oxygen atoms in total. The van der Waals surface area contributed by atoms with Crippen molar-refractivity contribution in [1.82, 2.24) is 4.90 Å². The van der Waals surface area contributed by atoms with Crippen LogP contribution < -0.4 is 5.46 Å². The number of amides is 1. The van der Waals surface area contributed by atoms with Crippen molar-refractivity contribution < 1.29 is 18.5 Å². The van der Waals surface area contributed by atoms with E-state index in [0.29, 0.717) is 16.0 Å². The van der Waals surface area contributed by atoms with Crippen molar-refractivity contribution in [3.05, 3.63) is 28.8 Å². The number of carbonyl (C=O) groups is 1. The van der Waals surface area contributed by atoms with Gasteiger partial charge in [0.05, 0.1) is 24.3 Å². The maximum absolute atomic E-state index is 12.9. The standard InChI is InChI=1S/C16H20BClFNO3/c1-15(2)16(3,4)23-17(22-15)12-7-10(5-6-13(12)18)14(21)20-8-11(19)9-20/h5-7,11H,8-9H2,1-4H3. The summed E-state index contributed by atoms with van der Waals surface area (Å²) in [5.74, 6) is -0.201. The Morgan fingerprint density at radius 2 is 1.83 bits per heavy atom. The molecule has 124 valence electrons. The Hall–Kier alpha value is -1.11. The Kier molecular flexibility index (Phi) is 3.98. The van der Waals surface area contributed by atoms with Crippen molar-refractivity contribution >= 4 is 30.1 Å². The zero-order valence-electron chi connectivity index (χ0n) is 13.7. The SMILES string of the molecule is CC1(C)OB(c2cc(C(=O)N3CC(F)C3)ccc2Cl)OC1(C)C. The minimum atomic E-state index is -0.922. The molecule has 2 heterocycles. The molecule has 0 radical (unpaired) electrons. The summed E-state index contributed by atoms with van der Waals surface area (Å²) in [7, 11) is -0.634. The molecule has 1 aromatic carbocycles. The highest BCUT2D eigenvalue weighted by molar-refractivity contribution is 6.65. The fourth-order valence-corrected chi connectivity index (χ4v) is 2.81. The third-order valence-electron chi connectivity index (χ3n) is 4.87. The summed E-state index contributed by atoms with van der Waals surface area (Å²) >= 11 is 6.27. The fraction of sp³-hybridized carbons (Fsp3) is 0.562. The summed E-state index contributed by atoms with van der Waals surface area (Å²) in [4.78, 5) is 13.8. The maximum atomic E-state index is 12.9. The van der Waals surface area contributed by atoms with E-state index in [0.717, 1.165) is 0 Å². The minimum Gasteiger partial charge on any atom is -0.399 e. The highest BCUT2D eigenvalue weighted by Gasteiger charge is 2.52. The second-order valence-corrected chi connectivity index (χ2v) is 7.54.